The van der Waals surface area contributed by atoms with Crippen molar-refractivity contribution < 1.29 is 9.59 Å². The van der Waals surface area contributed by atoms with Crippen LogP contribution in [0.25, 0.3) is 0 Å². The van der Waals surface area contributed by atoms with Gasteiger partial charge in [0, 0.05) is 39.0 Å². The van der Waals surface area contributed by atoms with Crippen molar-refractivity contribution in [2.75, 3.05) is 38.2 Å². The minimum absolute atomic E-state index is 0.0387. The Labute approximate surface area is 136 Å². The fourth-order valence-electron chi connectivity index (χ4n) is 2.86. The SMILES string of the molecule is Cc1cccc(N2N=C(C(=O)N3CCN(C)CC3)CCC2=O)c1. The molecule has 0 aliphatic carbocycles. The Kier molecular flexibility index (Phi) is 4.43. The highest BCUT2D eigenvalue weighted by Gasteiger charge is 2.29. The molecule has 0 N–H and O–H groups in total. The zero-order valence-corrected chi connectivity index (χ0v) is 13.7. The Hall–Kier alpha value is -2.21. The second kappa shape index (κ2) is 6.50. The summed E-state index contributed by atoms with van der Waals surface area (Å²) in [5.74, 6) is -0.103. The summed E-state index contributed by atoms with van der Waals surface area (Å²) < 4.78 is 0. The summed E-state index contributed by atoms with van der Waals surface area (Å²) in [5, 5.41) is 5.74. The number of aryl methyl sites for hydroxylation is 1. The van der Waals surface area contributed by atoms with E-state index < -0.39 is 0 Å². The van der Waals surface area contributed by atoms with Crippen molar-refractivity contribution >= 4 is 23.2 Å². The summed E-state index contributed by atoms with van der Waals surface area (Å²) >= 11 is 0. The quantitative estimate of drug-likeness (QED) is 0.825. The number of carbonyl (C=O) groups is 2. The van der Waals surface area contributed by atoms with Crippen molar-refractivity contribution in [1.29, 1.82) is 0 Å². The van der Waals surface area contributed by atoms with Gasteiger partial charge in [0.2, 0.25) is 5.91 Å². The van der Waals surface area contributed by atoms with Crippen molar-refractivity contribution in [2.24, 2.45) is 5.10 Å². The molecule has 0 unspecified atom stereocenters. The van der Waals surface area contributed by atoms with Crippen LogP contribution in [0.15, 0.2) is 29.4 Å². The normalized spacial score (nSPS) is 19.7. The predicted molar refractivity (Wildman–Crippen MR) is 89.4 cm³/mol. The lowest BCUT2D eigenvalue weighted by Gasteiger charge is -2.33. The summed E-state index contributed by atoms with van der Waals surface area (Å²) in [6, 6.07) is 7.62. The molecule has 6 heteroatoms. The molecule has 0 bridgehead atoms. The first kappa shape index (κ1) is 15.7. The number of amides is 2. The fraction of sp³-hybridized carbons (Fsp3) is 0.471. The van der Waals surface area contributed by atoms with Crippen LogP contribution in [-0.4, -0.2) is 60.6 Å². The van der Waals surface area contributed by atoms with Gasteiger partial charge in [-0.15, -0.1) is 0 Å². The predicted octanol–water partition coefficient (Wildman–Crippen LogP) is 1.25. The first-order valence-corrected chi connectivity index (χ1v) is 7.99. The Morgan fingerprint density at radius 1 is 1.13 bits per heavy atom. The largest absolute Gasteiger partial charge is 0.335 e. The van der Waals surface area contributed by atoms with E-state index in [4.69, 9.17) is 0 Å². The van der Waals surface area contributed by atoms with Gasteiger partial charge in [-0.3, -0.25) is 9.59 Å². The standard InChI is InChI=1S/C17H22N4O2/c1-13-4-3-5-14(12-13)21-16(22)7-6-15(18-21)17(23)20-10-8-19(2)9-11-20/h3-5,12H,6-11H2,1-2H3. The van der Waals surface area contributed by atoms with E-state index in [9.17, 15) is 9.59 Å². The molecule has 0 radical (unpaired) electrons. The number of hydrazone groups is 1. The van der Waals surface area contributed by atoms with Gasteiger partial charge in [-0.25, -0.2) is 5.01 Å². The highest BCUT2D eigenvalue weighted by Crippen LogP contribution is 2.22. The van der Waals surface area contributed by atoms with Crippen molar-refractivity contribution in [3.63, 3.8) is 0 Å². The smallest absolute Gasteiger partial charge is 0.270 e. The molecule has 0 saturated carbocycles. The molecule has 2 amide bonds. The molecular formula is C17H22N4O2. The first-order chi connectivity index (χ1) is 11.0. The third-order valence-electron chi connectivity index (χ3n) is 4.32. The lowest BCUT2D eigenvalue weighted by molar-refractivity contribution is -0.125. The van der Waals surface area contributed by atoms with Crippen LogP contribution in [0.3, 0.4) is 0 Å². The maximum atomic E-state index is 12.6. The summed E-state index contributed by atoms with van der Waals surface area (Å²) in [6.45, 7) is 5.15. The van der Waals surface area contributed by atoms with Crippen LogP contribution in [0.2, 0.25) is 0 Å². The highest BCUT2D eigenvalue weighted by molar-refractivity contribution is 6.40. The van der Waals surface area contributed by atoms with Crippen molar-refractivity contribution in [3.8, 4) is 0 Å². The Balaban J connectivity index is 1.81. The summed E-state index contributed by atoms with van der Waals surface area (Å²) in [7, 11) is 2.05. The lowest BCUT2D eigenvalue weighted by atomic mass is 10.1. The number of anilines is 1. The molecule has 1 saturated heterocycles. The summed E-state index contributed by atoms with van der Waals surface area (Å²) in [4.78, 5) is 28.9. The number of hydrogen-bond donors (Lipinski definition) is 0. The minimum Gasteiger partial charge on any atom is -0.335 e. The van der Waals surface area contributed by atoms with E-state index in [2.05, 4.69) is 17.0 Å². The average molecular weight is 314 g/mol. The first-order valence-electron chi connectivity index (χ1n) is 7.99. The van der Waals surface area contributed by atoms with Gasteiger partial charge in [0.05, 0.1) is 5.69 Å². The molecule has 0 aromatic heterocycles. The zero-order valence-electron chi connectivity index (χ0n) is 13.7. The number of hydrogen-bond acceptors (Lipinski definition) is 4. The number of rotatable bonds is 2. The fourth-order valence-corrected chi connectivity index (χ4v) is 2.86. The molecule has 0 atom stereocenters. The van der Waals surface area contributed by atoms with Gasteiger partial charge in [0.25, 0.3) is 5.91 Å². The zero-order chi connectivity index (χ0) is 16.4. The van der Waals surface area contributed by atoms with Crippen molar-refractivity contribution in [2.45, 2.75) is 19.8 Å². The van der Waals surface area contributed by atoms with E-state index in [0.29, 0.717) is 31.6 Å². The van der Waals surface area contributed by atoms with E-state index >= 15 is 0 Å². The highest BCUT2D eigenvalue weighted by atomic mass is 16.2. The lowest BCUT2D eigenvalue weighted by Crippen LogP contribution is -2.50. The van der Waals surface area contributed by atoms with Crippen molar-refractivity contribution in [3.05, 3.63) is 29.8 Å². The van der Waals surface area contributed by atoms with Crippen LogP contribution >= 0.6 is 0 Å². The van der Waals surface area contributed by atoms with Crippen LogP contribution < -0.4 is 5.01 Å². The number of carbonyl (C=O) groups excluding carboxylic acids is 2. The van der Waals surface area contributed by atoms with Gasteiger partial charge in [0.1, 0.15) is 5.71 Å². The Bertz CT molecular complexity index is 648. The van der Waals surface area contributed by atoms with E-state index in [0.717, 1.165) is 24.3 Å². The second-order valence-corrected chi connectivity index (χ2v) is 6.19. The molecular weight excluding hydrogens is 292 g/mol. The third-order valence-corrected chi connectivity index (χ3v) is 4.32. The van der Waals surface area contributed by atoms with E-state index in [-0.39, 0.29) is 11.8 Å². The molecule has 0 spiro atoms. The van der Waals surface area contributed by atoms with Gasteiger partial charge in [0.15, 0.2) is 0 Å². The van der Waals surface area contributed by atoms with Crippen LogP contribution in [-0.2, 0) is 9.59 Å². The van der Waals surface area contributed by atoms with Gasteiger partial charge < -0.3 is 9.80 Å². The molecule has 1 aromatic carbocycles. The minimum atomic E-state index is -0.0643. The van der Waals surface area contributed by atoms with Crippen LogP contribution in [0, 0.1) is 6.92 Å². The van der Waals surface area contributed by atoms with Gasteiger partial charge in [-0.05, 0) is 31.7 Å². The molecule has 3 rings (SSSR count). The summed E-state index contributed by atoms with van der Waals surface area (Å²) in [5.41, 5.74) is 2.26. The van der Waals surface area contributed by atoms with E-state index in [1.807, 2.05) is 36.1 Å². The van der Waals surface area contributed by atoms with Crippen LogP contribution in [0.1, 0.15) is 18.4 Å². The number of likely N-dealkylation sites (N-methyl/N-ethyl adjacent to an activating group) is 1. The Morgan fingerprint density at radius 2 is 1.87 bits per heavy atom. The molecule has 2 aliphatic rings. The topological polar surface area (TPSA) is 56.2 Å². The molecule has 2 heterocycles. The van der Waals surface area contributed by atoms with Gasteiger partial charge in [-0.2, -0.15) is 5.10 Å². The monoisotopic (exact) mass is 314 g/mol. The maximum Gasteiger partial charge on any atom is 0.270 e. The van der Waals surface area contributed by atoms with Gasteiger partial charge in [-0.1, -0.05) is 12.1 Å². The molecule has 6 nitrogen and oxygen atoms in total. The molecule has 1 aromatic rings. The average Bonchev–Trinajstić information content (AvgIpc) is 2.55. The molecule has 122 valence electrons. The molecule has 1 fully saturated rings. The maximum absolute atomic E-state index is 12.6. The van der Waals surface area contributed by atoms with Gasteiger partial charge >= 0.3 is 0 Å². The van der Waals surface area contributed by atoms with E-state index in [1.165, 1.54) is 5.01 Å². The number of piperazine rings is 1. The summed E-state index contributed by atoms with van der Waals surface area (Å²) in [6.07, 6.45) is 0.749. The third kappa shape index (κ3) is 3.42. The van der Waals surface area contributed by atoms with Crippen LogP contribution in [0.5, 0.6) is 0 Å². The Morgan fingerprint density at radius 3 is 2.57 bits per heavy atom. The van der Waals surface area contributed by atoms with Crippen LogP contribution in [0.4, 0.5) is 5.69 Å². The molecule has 23 heavy (non-hydrogen) atoms. The number of nitrogens with zero attached hydrogens (tertiary/aromatic N) is 4. The number of benzene rings is 1. The second-order valence-electron chi connectivity index (χ2n) is 6.19. The molecule has 2 aliphatic heterocycles. The van der Waals surface area contributed by atoms with Crippen molar-refractivity contribution in [1.82, 2.24) is 9.80 Å². The van der Waals surface area contributed by atoms with E-state index in [1.54, 1.807) is 0 Å².